The van der Waals surface area contributed by atoms with E-state index in [2.05, 4.69) is 28.9 Å². The zero-order chi connectivity index (χ0) is 13.2. The number of aromatic nitrogens is 1. The van der Waals surface area contributed by atoms with Gasteiger partial charge in [-0.15, -0.1) is 0 Å². The van der Waals surface area contributed by atoms with Gasteiger partial charge in [0.05, 0.1) is 11.4 Å². The van der Waals surface area contributed by atoms with Crippen LogP contribution in [-0.2, 0) is 0 Å². The third kappa shape index (κ3) is 2.37. The second-order valence-corrected chi connectivity index (χ2v) is 5.62. The monoisotopic (exact) mass is 255 g/mol. The molecule has 0 amide bonds. The lowest BCUT2D eigenvalue weighted by atomic mass is 10.0. The summed E-state index contributed by atoms with van der Waals surface area (Å²) in [6.07, 6.45) is 7.53. The average molecular weight is 255 g/mol. The fourth-order valence-corrected chi connectivity index (χ4v) is 2.96. The number of nitrogens with two attached hydrogens (primary N) is 1. The van der Waals surface area contributed by atoms with E-state index < -0.39 is 0 Å². The topological polar surface area (TPSA) is 42.2 Å². The summed E-state index contributed by atoms with van der Waals surface area (Å²) in [5, 5.41) is 2.23. The van der Waals surface area contributed by atoms with Gasteiger partial charge in [0.2, 0.25) is 0 Å². The minimum Gasteiger partial charge on any atom is -0.397 e. The van der Waals surface area contributed by atoms with Crippen LogP contribution in [0.2, 0.25) is 0 Å². The van der Waals surface area contributed by atoms with Crippen molar-refractivity contribution in [3.63, 3.8) is 0 Å². The number of nitrogens with zero attached hydrogens (tertiary/aromatic N) is 2. The van der Waals surface area contributed by atoms with Crippen LogP contribution in [-0.4, -0.2) is 18.1 Å². The Balaban J connectivity index is 1.98. The van der Waals surface area contributed by atoms with Gasteiger partial charge in [-0.2, -0.15) is 0 Å². The van der Waals surface area contributed by atoms with Crippen LogP contribution in [0.4, 0.5) is 11.4 Å². The van der Waals surface area contributed by atoms with Crippen molar-refractivity contribution >= 4 is 22.1 Å². The van der Waals surface area contributed by atoms with Crippen LogP contribution >= 0.6 is 0 Å². The Bertz CT molecular complexity index is 579. The van der Waals surface area contributed by atoms with Crippen molar-refractivity contribution in [1.82, 2.24) is 4.98 Å². The van der Waals surface area contributed by atoms with Gasteiger partial charge in [-0.25, -0.2) is 0 Å². The molecule has 3 nitrogen and oxygen atoms in total. The Morgan fingerprint density at radius 1 is 1.21 bits per heavy atom. The molecule has 0 bridgehead atoms. The maximum Gasteiger partial charge on any atom is 0.0632 e. The molecular weight excluding hydrogens is 234 g/mol. The van der Waals surface area contributed by atoms with Gasteiger partial charge in [0.15, 0.2) is 0 Å². The first-order chi connectivity index (χ1) is 9.25. The molecule has 3 heteroatoms. The molecule has 2 heterocycles. The number of rotatable bonds is 1. The highest BCUT2D eigenvalue weighted by Gasteiger charge is 2.16. The zero-order valence-corrected chi connectivity index (χ0v) is 11.5. The number of anilines is 2. The van der Waals surface area contributed by atoms with Crippen molar-refractivity contribution in [2.75, 3.05) is 23.7 Å². The number of benzene rings is 1. The quantitative estimate of drug-likeness (QED) is 0.794. The zero-order valence-electron chi connectivity index (χ0n) is 11.5. The van der Waals surface area contributed by atoms with E-state index in [9.17, 15) is 0 Å². The Labute approximate surface area is 114 Å². The Hall–Kier alpha value is -1.77. The SMILES string of the molecule is CC1CCCN(c2ccc3cnccc3c2N)CC1. The van der Waals surface area contributed by atoms with Crippen molar-refractivity contribution in [2.45, 2.75) is 26.2 Å². The number of fused-ring (bicyclic) bond motifs is 1. The molecule has 100 valence electrons. The van der Waals surface area contributed by atoms with Crippen LogP contribution in [0.3, 0.4) is 0 Å². The lowest BCUT2D eigenvalue weighted by molar-refractivity contribution is 0.521. The Morgan fingerprint density at radius 2 is 2.11 bits per heavy atom. The summed E-state index contributed by atoms with van der Waals surface area (Å²) in [4.78, 5) is 6.60. The molecule has 19 heavy (non-hydrogen) atoms. The molecule has 2 aromatic rings. The predicted molar refractivity (Wildman–Crippen MR) is 81.4 cm³/mol. The van der Waals surface area contributed by atoms with Crippen molar-refractivity contribution in [3.8, 4) is 0 Å². The van der Waals surface area contributed by atoms with Gasteiger partial charge in [-0.3, -0.25) is 4.98 Å². The number of hydrogen-bond donors (Lipinski definition) is 1. The molecule has 0 spiro atoms. The second kappa shape index (κ2) is 5.08. The van der Waals surface area contributed by atoms with Gasteiger partial charge in [0, 0.05) is 36.3 Å². The minimum absolute atomic E-state index is 0.830. The molecule has 0 aliphatic carbocycles. The lowest BCUT2D eigenvalue weighted by Gasteiger charge is -2.25. The molecule has 1 aliphatic rings. The smallest absolute Gasteiger partial charge is 0.0632 e. The molecule has 1 aromatic carbocycles. The van der Waals surface area contributed by atoms with Crippen LogP contribution in [0.25, 0.3) is 10.8 Å². The lowest BCUT2D eigenvalue weighted by Crippen LogP contribution is -2.25. The van der Waals surface area contributed by atoms with E-state index in [4.69, 9.17) is 5.73 Å². The van der Waals surface area contributed by atoms with Gasteiger partial charge in [0.1, 0.15) is 0 Å². The highest BCUT2D eigenvalue weighted by Crippen LogP contribution is 2.32. The van der Waals surface area contributed by atoms with Crippen molar-refractivity contribution in [3.05, 3.63) is 30.6 Å². The van der Waals surface area contributed by atoms with Gasteiger partial charge >= 0.3 is 0 Å². The maximum absolute atomic E-state index is 6.37. The fraction of sp³-hybridized carbons (Fsp3) is 0.438. The van der Waals surface area contributed by atoms with E-state index in [0.717, 1.165) is 35.5 Å². The van der Waals surface area contributed by atoms with Crippen LogP contribution in [0.1, 0.15) is 26.2 Å². The number of nitrogen functional groups attached to an aromatic ring is 1. The van der Waals surface area contributed by atoms with Gasteiger partial charge in [-0.05, 0) is 37.3 Å². The van der Waals surface area contributed by atoms with Crippen molar-refractivity contribution < 1.29 is 0 Å². The maximum atomic E-state index is 6.37. The second-order valence-electron chi connectivity index (χ2n) is 5.62. The summed E-state index contributed by atoms with van der Waals surface area (Å²) in [7, 11) is 0. The van der Waals surface area contributed by atoms with E-state index in [1.165, 1.54) is 24.9 Å². The average Bonchev–Trinajstić information content (AvgIpc) is 2.65. The summed E-state index contributed by atoms with van der Waals surface area (Å²) in [5.74, 6) is 0.830. The summed E-state index contributed by atoms with van der Waals surface area (Å²) >= 11 is 0. The van der Waals surface area contributed by atoms with E-state index in [1.54, 1.807) is 0 Å². The largest absolute Gasteiger partial charge is 0.397 e. The first kappa shape index (κ1) is 12.3. The standard InChI is InChI=1S/C16H21N3/c1-12-3-2-9-19(10-7-12)15-5-4-13-11-18-8-6-14(13)16(15)17/h4-6,8,11-12H,2-3,7,9-10,17H2,1H3. The highest BCUT2D eigenvalue weighted by atomic mass is 15.1. The van der Waals surface area contributed by atoms with Crippen molar-refractivity contribution in [1.29, 1.82) is 0 Å². The summed E-state index contributed by atoms with van der Waals surface area (Å²) in [6.45, 7) is 4.58. The van der Waals surface area contributed by atoms with Crippen LogP contribution in [0, 0.1) is 5.92 Å². The van der Waals surface area contributed by atoms with E-state index in [1.807, 2.05) is 18.5 Å². The van der Waals surface area contributed by atoms with Crippen LogP contribution in [0.15, 0.2) is 30.6 Å². The number of pyridine rings is 1. The molecule has 1 aliphatic heterocycles. The Kier molecular flexibility index (Phi) is 3.28. The third-order valence-corrected chi connectivity index (χ3v) is 4.20. The molecule has 0 saturated carbocycles. The molecule has 0 radical (unpaired) electrons. The molecule has 2 N–H and O–H groups in total. The number of hydrogen-bond acceptors (Lipinski definition) is 3. The van der Waals surface area contributed by atoms with Crippen LogP contribution in [0.5, 0.6) is 0 Å². The Morgan fingerprint density at radius 3 is 3.00 bits per heavy atom. The first-order valence-electron chi connectivity index (χ1n) is 7.13. The molecule has 1 fully saturated rings. The van der Waals surface area contributed by atoms with E-state index in [-0.39, 0.29) is 0 Å². The van der Waals surface area contributed by atoms with Gasteiger partial charge in [-0.1, -0.05) is 13.0 Å². The van der Waals surface area contributed by atoms with Gasteiger partial charge < -0.3 is 10.6 Å². The van der Waals surface area contributed by atoms with E-state index >= 15 is 0 Å². The predicted octanol–water partition coefficient (Wildman–Crippen LogP) is 3.44. The third-order valence-electron chi connectivity index (χ3n) is 4.20. The van der Waals surface area contributed by atoms with Gasteiger partial charge in [0.25, 0.3) is 0 Å². The summed E-state index contributed by atoms with van der Waals surface area (Å²) in [5.41, 5.74) is 8.45. The highest BCUT2D eigenvalue weighted by molar-refractivity contribution is 5.98. The van der Waals surface area contributed by atoms with Crippen LogP contribution < -0.4 is 10.6 Å². The first-order valence-corrected chi connectivity index (χ1v) is 7.13. The van der Waals surface area contributed by atoms with E-state index in [0.29, 0.717) is 0 Å². The molecular formula is C16H21N3. The summed E-state index contributed by atoms with van der Waals surface area (Å²) < 4.78 is 0. The molecule has 3 rings (SSSR count). The molecule has 1 saturated heterocycles. The van der Waals surface area contributed by atoms with Crippen molar-refractivity contribution in [2.24, 2.45) is 5.92 Å². The fourth-order valence-electron chi connectivity index (χ4n) is 2.96. The normalized spacial score (nSPS) is 20.5. The minimum atomic E-state index is 0.830. The molecule has 1 unspecified atom stereocenters. The molecule has 1 atom stereocenters. The molecule has 1 aromatic heterocycles. The summed E-state index contributed by atoms with van der Waals surface area (Å²) in [6, 6.07) is 6.28.